The van der Waals surface area contributed by atoms with Crippen molar-refractivity contribution in [2.45, 2.75) is 17.4 Å². The van der Waals surface area contributed by atoms with Gasteiger partial charge in [0.05, 0.1) is 0 Å². The second kappa shape index (κ2) is 8.13. The number of rotatable bonds is 6. The Morgan fingerprint density at radius 3 is 2.70 bits per heavy atom. The van der Waals surface area contributed by atoms with Gasteiger partial charge < -0.3 is 13.9 Å². The van der Waals surface area contributed by atoms with Crippen molar-refractivity contribution in [3.63, 3.8) is 0 Å². The Morgan fingerprint density at radius 2 is 1.85 bits per heavy atom. The molecular formula is C19H17N3O4S. The smallest absolute Gasteiger partial charge is 0.322 e. The highest BCUT2D eigenvalue weighted by molar-refractivity contribution is 7.99. The first kappa shape index (κ1) is 17.4. The molecule has 2 aromatic carbocycles. The molecule has 1 aromatic heterocycles. The summed E-state index contributed by atoms with van der Waals surface area (Å²) in [6.07, 6.45) is -0.167. The van der Waals surface area contributed by atoms with Crippen LogP contribution in [0.25, 0.3) is 0 Å². The van der Waals surface area contributed by atoms with Gasteiger partial charge in [-0.25, -0.2) is 0 Å². The summed E-state index contributed by atoms with van der Waals surface area (Å²) in [4.78, 5) is 13.2. The monoisotopic (exact) mass is 383 g/mol. The van der Waals surface area contributed by atoms with Crippen LogP contribution in [0.2, 0.25) is 0 Å². The Kier molecular flexibility index (Phi) is 5.24. The minimum absolute atomic E-state index is 0.0576. The van der Waals surface area contributed by atoms with Gasteiger partial charge in [0.15, 0.2) is 11.5 Å². The number of aromatic nitrogens is 2. The topological polar surface area (TPSA) is 86.5 Å². The fourth-order valence-electron chi connectivity index (χ4n) is 2.52. The highest BCUT2D eigenvalue weighted by Gasteiger charge is 2.27. The zero-order chi connectivity index (χ0) is 18.5. The van der Waals surface area contributed by atoms with Gasteiger partial charge in [0.25, 0.3) is 5.89 Å². The van der Waals surface area contributed by atoms with Crippen molar-refractivity contribution in [3.8, 4) is 11.5 Å². The van der Waals surface area contributed by atoms with Gasteiger partial charge in [-0.05, 0) is 24.3 Å². The van der Waals surface area contributed by atoms with E-state index in [4.69, 9.17) is 13.9 Å². The summed E-state index contributed by atoms with van der Waals surface area (Å²) < 4.78 is 17.0. The molecule has 8 heteroatoms. The third-order valence-corrected chi connectivity index (χ3v) is 4.83. The molecule has 1 unspecified atom stereocenters. The van der Waals surface area contributed by atoms with Crippen LogP contribution in [-0.4, -0.2) is 28.5 Å². The van der Waals surface area contributed by atoms with Crippen molar-refractivity contribution in [1.82, 2.24) is 10.2 Å². The lowest BCUT2D eigenvalue weighted by atomic mass is 10.2. The van der Waals surface area contributed by atoms with Crippen LogP contribution >= 0.6 is 11.8 Å². The van der Waals surface area contributed by atoms with Gasteiger partial charge >= 0.3 is 6.01 Å². The number of carbonyl (C=O) groups is 1. The van der Waals surface area contributed by atoms with Crippen molar-refractivity contribution in [1.29, 1.82) is 0 Å². The van der Waals surface area contributed by atoms with Crippen molar-refractivity contribution < 1.29 is 18.7 Å². The molecule has 0 aliphatic carbocycles. The zero-order valence-corrected chi connectivity index (χ0v) is 15.1. The third kappa shape index (κ3) is 4.40. The number of carbonyl (C=O) groups excluding carboxylic acids is 1. The SMILES string of the molecule is O=C(CCSc1ccccc1)Nc1nnc(C2COc3ccccc3O2)o1. The van der Waals surface area contributed by atoms with Gasteiger partial charge in [0, 0.05) is 17.1 Å². The fourth-order valence-corrected chi connectivity index (χ4v) is 3.39. The van der Waals surface area contributed by atoms with Crippen LogP contribution < -0.4 is 14.8 Å². The molecule has 1 amide bonds. The minimum Gasteiger partial charge on any atom is -0.485 e. The fraction of sp³-hybridized carbons (Fsp3) is 0.211. The largest absolute Gasteiger partial charge is 0.485 e. The molecule has 0 bridgehead atoms. The average Bonchev–Trinajstić information content (AvgIpc) is 3.17. The number of amides is 1. The predicted molar refractivity (Wildman–Crippen MR) is 100 cm³/mol. The van der Waals surface area contributed by atoms with E-state index < -0.39 is 6.10 Å². The molecular weight excluding hydrogens is 366 g/mol. The summed E-state index contributed by atoms with van der Waals surface area (Å²) in [5.41, 5.74) is 0. The number of para-hydroxylation sites is 2. The number of hydrogen-bond acceptors (Lipinski definition) is 7. The molecule has 1 N–H and O–H groups in total. The van der Waals surface area contributed by atoms with E-state index in [9.17, 15) is 4.79 Å². The Morgan fingerprint density at radius 1 is 1.07 bits per heavy atom. The van der Waals surface area contributed by atoms with Gasteiger partial charge in [-0.15, -0.1) is 16.9 Å². The summed E-state index contributed by atoms with van der Waals surface area (Å²) >= 11 is 1.62. The molecule has 1 aliphatic rings. The van der Waals surface area contributed by atoms with Gasteiger partial charge in [-0.3, -0.25) is 10.1 Å². The van der Waals surface area contributed by atoms with E-state index in [0.29, 0.717) is 23.7 Å². The quantitative estimate of drug-likeness (QED) is 0.650. The highest BCUT2D eigenvalue weighted by atomic mass is 32.2. The van der Waals surface area contributed by atoms with Crippen LogP contribution in [0.4, 0.5) is 6.01 Å². The van der Waals surface area contributed by atoms with Crippen molar-refractivity contribution in [2.24, 2.45) is 0 Å². The normalized spacial score (nSPS) is 15.3. The number of hydrogen-bond donors (Lipinski definition) is 1. The molecule has 0 saturated carbocycles. The van der Waals surface area contributed by atoms with Crippen molar-refractivity contribution in [2.75, 3.05) is 17.7 Å². The molecule has 2 heterocycles. The van der Waals surface area contributed by atoms with E-state index in [-0.39, 0.29) is 24.4 Å². The van der Waals surface area contributed by atoms with Crippen LogP contribution in [0.15, 0.2) is 63.9 Å². The lowest BCUT2D eigenvalue weighted by Crippen LogP contribution is -2.21. The van der Waals surface area contributed by atoms with E-state index in [1.165, 1.54) is 0 Å². The van der Waals surface area contributed by atoms with E-state index in [1.54, 1.807) is 11.8 Å². The van der Waals surface area contributed by atoms with Crippen molar-refractivity contribution in [3.05, 3.63) is 60.5 Å². The van der Waals surface area contributed by atoms with Gasteiger partial charge in [0.1, 0.15) is 6.61 Å². The molecule has 4 rings (SSSR count). The van der Waals surface area contributed by atoms with Gasteiger partial charge in [0.2, 0.25) is 12.0 Å². The van der Waals surface area contributed by atoms with Crippen LogP contribution in [0.3, 0.4) is 0 Å². The van der Waals surface area contributed by atoms with Crippen LogP contribution in [0.1, 0.15) is 18.4 Å². The zero-order valence-electron chi connectivity index (χ0n) is 14.3. The van der Waals surface area contributed by atoms with Gasteiger partial charge in [-0.1, -0.05) is 35.4 Å². The Balaban J connectivity index is 1.29. The number of thioether (sulfide) groups is 1. The standard InChI is InChI=1S/C19H17N3O4S/c23-17(10-11-27-13-6-2-1-3-7-13)20-19-22-21-18(26-19)16-12-24-14-8-4-5-9-15(14)25-16/h1-9,16H,10-12H2,(H,20,22,23). The molecule has 7 nitrogen and oxygen atoms in total. The third-order valence-electron chi connectivity index (χ3n) is 3.81. The lowest BCUT2D eigenvalue weighted by molar-refractivity contribution is -0.115. The highest BCUT2D eigenvalue weighted by Crippen LogP contribution is 2.35. The van der Waals surface area contributed by atoms with Crippen LogP contribution in [-0.2, 0) is 4.79 Å². The number of nitrogens with one attached hydrogen (secondary N) is 1. The summed E-state index contributed by atoms with van der Waals surface area (Å²) in [6.45, 7) is 0.264. The van der Waals surface area contributed by atoms with E-state index in [0.717, 1.165) is 4.90 Å². The maximum absolute atomic E-state index is 12.0. The summed E-state index contributed by atoms with van der Waals surface area (Å²) in [7, 11) is 0. The van der Waals surface area contributed by atoms with Crippen LogP contribution in [0, 0.1) is 0 Å². The summed E-state index contributed by atoms with van der Waals surface area (Å²) in [6, 6.07) is 17.4. The predicted octanol–water partition coefficient (Wildman–Crippen LogP) is 3.70. The average molecular weight is 383 g/mol. The van der Waals surface area contributed by atoms with Gasteiger partial charge in [-0.2, -0.15) is 0 Å². The first-order chi connectivity index (χ1) is 13.3. The second-order valence-corrected chi connectivity index (χ2v) is 6.94. The minimum atomic E-state index is -0.508. The molecule has 0 spiro atoms. The van der Waals surface area contributed by atoms with E-state index in [1.807, 2.05) is 54.6 Å². The molecule has 3 aromatic rings. The van der Waals surface area contributed by atoms with Crippen molar-refractivity contribution >= 4 is 23.7 Å². The maximum Gasteiger partial charge on any atom is 0.322 e. The lowest BCUT2D eigenvalue weighted by Gasteiger charge is -2.23. The van der Waals surface area contributed by atoms with E-state index >= 15 is 0 Å². The molecule has 138 valence electrons. The molecule has 0 fully saturated rings. The van der Waals surface area contributed by atoms with Crippen LogP contribution in [0.5, 0.6) is 11.5 Å². The molecule has 1 atom stereocenters. The second-order valence-electron chi connectivity index (χ2n) is 5.77. The summed E-state index contributed by atoms with van der Waals surface area (Å²) in [5, 5.41) is 10.4. The summed E-state index contributed by atoms with van der Waals surface area (Å²) in [5.74, 6) is 2.04. The maximum atomic E-state index is 12.0. The first-order valence-corrected chi connectivity index (χ1v) is 9.46. The molecule has 0 radical (unpaired) electrons. The molecule has 27 heavy (non-hydrogen) atoms. The first-order valence-electron chi connectivity index (χ1n) is 8.47. The molecule has 0 saturated heterocycles. The number of nitrogens with zero attached hydrogens (tertiary/aromatic N) is 2. The Labute approximate surface area is 160 Å². The number of benzene rings is 2. The number of ether oxygens (including phenoxy) is 2. The molecule has 1 aliphatic heterocycles. The van der Waals surface area contributed by atoms with E-state index in [2.05, 4.69) is 15.5 Å². The number of anilines is 1. The Hall–Kier alpha value is -3.00. The Bertz CT molecular complexity index is 916. The number of fused-ring (bicyclic) bond motifs is 1.